The van der Waals surface area contributed by atoms with Crippen molar-refractivity contribution in [2.75, 3.05) is 12.0 Å². The Morgan fingerprint density at radius 1 is 0.652 bits per heavy atom. The van der Waals surface area contributed by atoms with Crippen LogP contribution in [0.25, 0.3) is 0 Å². The second kappa shape index (κ2) is 5.81. The standard InChI is InChI=1S/C21H19NO/c1-23-19-14-12-17(13-15-19)21-20(16-8-4-2-5-9-16)22(21)18-10-6-3-7-11-18/h2-15,20-21H,1H3. The molecule has 0 spiro atoms. The molecule has 0 radical (unpaired) electrons. The molecule has 2 heteroatoms. The number of para-hydroxylation sites is 1. The van der Waals surface area contributed by atoms with E-state index in [9.17, 15) is 0 Å². The zero-order chi connectivity index (χ0) is 15.6. The summed E-state index contributed by atoms with van der Waals surface area (Å²) < 4.78 is 5.28. The largest absolute Gasteiger partial charge is 0.497 e. The van der Waals surface area contributed by atoms with Crippen molar-refractivity contribution >= 4 is 5.69 Å². The molecule has 1 saturated heterocycles. The zero-order valence-electron chi connectivity index (χ0n) is 13.1. The molecule has 114 valence electrons. The summed E-state index contributed by atoms with van der Waals surface area (Å²) in [6, 6.07) is 30.5. The van der Waals surface area contributed by atoms with Gasteiger partial charge in [0.25, 0.3) is 0 Å². The van der Waals surface area contributed by atoms with E-state index in [1.54, 1.807) is 7.11 Å². The van der Waals surface area contributed by atoms with Gasteiger partial charge in [-0.1, -0.05) is 60.7 Å². The summed E-state index contributed by atoms with van der Waals surface area (Å²) in [5.41, 5.74) is 3.95. The summed E-state index contributed by atoms with van der Waals surface area (Å²) >= 11 is 0. The van der Waals surface area contributed by atoms with Crippen molar-refractivity contribution in [3.8, 4) is 5.75 Å². The molecule has 1 fully saturated rings. The molecule has 23 heavy (non-hydrogen) atoms. The van der Waals surface area contributed by atoms with E-state index in [2.05, 4.69) is 77.7 Å². The molecule has 0 N–H and O–H groups in total. The predicted octanol–water partition coefficient (Wildman–Crippen LogP) is 5.00. The molecule has 0 aliphatic carbocycles. The second-order valence-corrected chi connectivity index (χ2v) is 5.82. The topological polar surface area (TPSA) is 12.2 Å². The van der Waals surface area contributed by atoms with E-state index in [0.717, 1.165) is 5.75 Å². The average Bonchev–Trinajstić information content (AvgIpc) is 3.39. The van der Waals surface area contributed by atoms with Crippen LogP contribution >= 0.6 is 0 Å². The van der Waals surface area contributed by atoms with Crippen molar-refractivity contribution in [3.63, 3.8) is 0 Å². The molecular formula is C21H19NO. The lowest BCUT2D eigenvalue weighted by Gasteiger charge is -2.06. The van der Waals surface area contributed by atoms with E-state index in [-0.39, 0.29) is 0 Å². The summed E-state index contributed by atoms with van der Waals surface area (Å²) in [6.45, 7) is 0. The van der Waals surface area contributed by atoms with Gasteiger partial charge in [-0.25, -0.2) is 0 Å². The first-order valence-electron chi connectivity index (χ1n) is 7.91. The molecule has 0 aromatic heterocycles. The minimum absolute atomic E-state index is 0.380. The third kappa shape index (κ3) is 2.57. The highest BCUT2D eigenvalue weighted by atomic mass is 16.5. The Kier molecular flexibility index (Phi) is 3.51. The number of ether oxygens (including phenoxy) is 1. The lowest BCUT2D eigenvalue weighted by Crippen LogP contribution is -1.95. The van der Waals surface area contributed by atoms with Gasteiger partial charge in [-0.05, 0) is 35.4 Å². The Morgan fingerprint density at radius 3 is 1.74 bits per heavy atom. The van der Waals surface area contributed by atoms with Crippen molar-refractivity contribution in [3.05, 3.63) is 96.1 Å². The zero-order valence-corrected chi connectivity index (χ0v) is 13.1. The van der Waals surface area contributed by atoms with Crippen molar-refractivity contribution in [2.45, 2.75) is 12.1 Å². The molecule has 1 aliphatic rings. The van der Waals surface area contributed by atoms with Gasteiger partial charge in [0, 0.05) is 5.69 Å². The molecule has 2 nitrogen and oxygen atoms in total. The van der Waals surface area contributed by atoms with Crippen LogP contribution in [0, 0.1) is 0 Å². The number of benzene rings is 3. The van der Waals surface area contributed by atoms with Gasteiger partial charge in [-0.3, -0.25) is 0 Å². The second-order valence-electron chi connectivity index (χ2n) is 5.82. The molecule has 2 unspecified atom stereocenters. The van der Waals surface area contributed by atoms with Gasteiger partial charge in [-0.15, -0.1) is 0 Å². The van der Waals surface area contributed by atoms with Gasteiger partial charge in [0.05, 0.1) is 19.2 Å². The van der Waals surface area contributed by atoms with Gasteiger partial charge < -0.3 is 9.64 Å². The fourth-order valence-corrected chi connectivity index (χ4v) is 3.29. The Morgan fingerprint density at radius 2 is 1.17 bits per heavy atom. The van der Waals surface area contributed by atoms with Gasteiger partial charge in [-0.2, -0.15) is 0 Å². The van der Waals surface area contributed by atoms with E-state index in [1.807, 2.05) is 12.1 Å². The number of hydrogen-bond acceptors (Lipinski definition) is 2. The van der Waals surface area contributed by atoms with Gasteiger partial charge in [0.15, 0.2) is 0 Å². The van der Waals surface area contributed by atoms with E-state index in [0.29, 0.717) is 12.1 Å². The van der Waals surface area contributed by atoms with Crippen LogP contribution in [0.5, 0.6) is 5.75 Å². The maximum atomic E-state index is 5.28. The molecule has 1 heterocycles. The highest BCUT2D eigenvalue weighted by molar-refractivity contribution is 5.61. The SMILES string of the molecule is COc1ccc(C2C(c3ccccc3)N2c2ccccc2)cc1. The van der Waals surface area contributed by atoms with Crippen LogP contribution in [0.1, 0.15) is 23.2 Å². The van der Waals surface area contributed by atoms with Crippen molar-refractivity contribution < 1.29 is 4.74 Å². The maximum Gasteiger partial charge on any atom is 0.118 e. The van der Waals surface area contributed by atoms with Crippen LogP contribution < -0.4 is 9.64 Å². The van der Waals surface area contributed by atoms with Crippen LogP contribution in [0.15, 0.2) is 84.9 Å². The monoisotopic (exact) mass is 301 g/mol. The summed E-state index contributed by atoms with van der Waals surface area (Å²) in [5.74, 6) is 0.900. The summed E-state index contributed by atoms with van der Waals surface area (Å²) in [5, 5.41) is 0. The molecule has 4 rings (SSSR count). The van der Waals surface area contributed by atoms with Crippen LogP contribution in [0.2, 0.25) is 0 Å². The molecule has 0 saturated carbocycles. The third-order valence-electron chi connectivity index (χ3n) is 4.46. The minimum atomic E-state index is 0.380. The smallest absolute Gasteiger partial charge is 0.118 e. The van der Waals surface area contributed by atoms with E-state index >= 15 is 0 Å². The fourth-order valence-electron chi connectivity index (χ4n) is 3.29. The van der Waals surface area contributed by atoms with Gasteiger partial charge >= 0.3 is 0 Å². The predicted molar refractivity (Wildman–Crippen MR) is 93.8 cm³/mol. The first kappa shape index (κ1) is 13.9. The number of hydrogen-bond donors (Lipinski definition) is 0. The quantitative estimate of drug-likeness (QED) is 0.629. The Labute approximate surface area is 137 Å². The molecule has 3 aromatic rings. The van der Waals surface area contributed by atoms with Gasteiger partial charge in [0.1, 0.15) is 5.75 Å². The Balaban J connectivity index is 1.70. The lowest BCUT2D eigenvalue weighted by atomic mass is 10.0. The Bertz CT molecular complexity index is 722. The summed E-state index contributed by atoms with van der Waals surface area (Å²) in [4.78, 5) is 2.47. The normalized spacial score (nSPS) is 19.4. The van der Waals surface area contributed by atoms with Crippen LogP contribution in [-0.2, 0) is 0 Å². The first-order valence-corrected chi connectivity index (χ1v) is 7.91. The lowest BCUT2D eigenvalue weighted by molar-refractivity contribution is 0.414. The number of rotatable bonds is 4. The first-order chi connectivity index (χ1) is 11.4. The minimum Gasteiger partial charge on any atom is -0.497 e. The van der Waals surface area contributed by atoms with E-state index in [1.165, 1.54) is 16.8 Å². The van der Waals surface area contributed by atoms with Crippen LogP contribution in [0.3, 0.4) is 0 Å². The molecule has 0 amide bonds. The van der Waals surface area contributed by atoms with Gasteiger partial charge in [0.2, 0.25) is 0 Å². The number of anilines is 1. The summed E-state index contributed by atoms with van der Waals surface area (Å²) in [6.07, 6.45) is 0. The van der Waals surface area contributed by atoms with E-state index < -0.39 is 0 Å². The molecule has 0 bridgehead atoms. The maximum absolute atomic E-state index is 5.28. The molecule has 2 atom stereocenters. The number of nitrogens with zero attached hydrogens (tertiary/aromatic N) is 1. The highest BCUT2D eigenvalue weighted by Crippen LogP contribution is 2.56. The van der Waals surface area contributed by atoms with Crippen LogP contribution in [-0.4, -0.2) is 7.11 Å². The average molecular weight is 301 g/mol. The van der Waals surface area contributed by atoms with Crippen molar-refractivity contribution in [1.82, 2.24) is 0 Å². The molecule has 1 aliphatic heterocycles. The fraction of sp³-hybridized carbons (Fsp3) is 0.143. The van der Waals surface area contributed by atoms with Crippen LogP contribution in [0.4, 0.5) is 5.69 Å². The Hall–Kier alpha value is -2.74. The summed E-state index contributed by atoms with van der Waals surface area (Å²) in [7, 11) is 1.70. The number of methoxy groups -OCH3 is 1. The molecule has 3 aromatic carbocycles. The third-order valence-corrected chi connectivity index (χ3v) is 4.46. The highest BCUT2D eigenvalue weighted by Gasteiger charge is 2.49. The molecular weight excluding hydrogens is 282 g/mol. The van der Waals surface area contributed by atoms with Crippen molar-refractivity contribution in [2.24, 2.45) is 0 Å². The van der Waals surface area contributed by atoms with Crippen molar-refractivity contribution in [1.29, 1.82) is 0 Å². The van der Waals surface area contributed by atoms with E-state index in [4.69, 9.17) is 4.74 Å².